The van der Waals surface area contributed by atoms with E-state index in [0.29, 0.717) is 50.0 Å². The Morgan fingerprint density at radius 3 is 2.37 bits per heavy atom. The first-order valence-electron chi connectivity index (χ1n) is 16.4. The molecule has 0 aliphatic carbocycles. The molecule has 0 bridgehead atoms. The predicted octanol–water partition coefficient (Wildman–Crippen LogP) is 6.79. The van der Waals surface area contributed by atoms with Gasteiger partial charge in [0.15, 0.2) is 28.7 Å². The second-order valence-corrected chi connectivity index (χ2v) is 13.4. The Balaban J connectivity index is 1.37. The number of hydrogen-bond acceptors (Lipinski definition) is 10. The Labute approximate surface area is 313 Å². The van der Waals surface area contributed by atoms with Crippen LogP contribution in [0.25, 0.3) is 16.8 Å². The van der Waals surface area contributed by atoms with Gasteiger partial charge in [-0.3, -0.25) is 9.36 Å². The summed E-state index contributed by atoms with van der Waals surface area (Å²) in [5.74, 6) is -0.234. The number of halogens is 2. The van der Waals surface area contributed by atoms with Crippen molar-refractivity contribution in [1.29, 1.82) is 0 Å². The largest absolute Gasteiger partial charge is 0.490 e. The van der Waals surface area contributed by atoms with E-state index in [1.807, 2.05) is 36.4 Å². The van der Waals surface area contributed by atoms with Gasteiger partial charge in [0.25, 0.3) is 5.56 Å². The highest BCUT2D eigenvalue weighted by Gasteiger charge is 2.34. The SMILES string of the molecule is CCOC(=O)C1=C(C)N=c2s/c(=C\c3cc(Cl)c(OCc4ccc5ccccc5c4)c(Cl)c3)c(=O)n2[C@H]1c1ccc(OCC(=O)OC)c(OCC)c1. The molecule has 0 amide bonds. The van der Waals surface area contributed by atoms with Crippen molar-refractivity contribution < 1.29 is 33.3 Å². The maximum atomic E-state index is 14.2. The fourth-order valence-electron chi connectivity index (χ4n) is 5.82. The molecule has 1 aromatic heterocycles. The van der Waals surface area contributed by atoms with Gasteiger partial charge in [0, 0.05) is 0 Å². The third-order valence-corrected chi connectivity index (χ3v) is 9.73. The smallest absolute Gasteiger partial charge is 0.343 e. The molecule has 6 rings (SSSR count). The molecular formula is C39H34Cl2N2O8S. The molecule has 0 N–H and O–H groups in total. The van der Waals surface area contributed by atoms with Gasteiger partial charge in [-0.15, -0.1) is 0 Å². The molecule has 1 aliphatic rings. The average Bonchev–Trinajstić information content (AvgIpc) is 3.43. The number of hydrogen-bond donors (Lipinski definition) is 0. The van der Waals surface area contributed by atoms with Crippen LogP contribution in [0.5, 0.6) is 17.2 Å². The zero-order chi connectivity index (χ0) is 36.9. The van der Waals surface area contributed by atoms with Crippen molar-refractivity contribution in [2.75, 3.05) is 26.9 Å². The second-order valence-electron chi connectivity index (χ2n) is 11.6. The Bertz CT molecular complexity index is 2380. The molecule has 0 saturated heterocycles. The summed E-state index contributed by atoms with van der Waals surface area (Å²) >= 11 is 14.5. The number of rotatable bonds is 12. The summed E-state index contributed by atoms with van der Waals surface area (Å²) in [6.07, 6.45) is 1.67. The van der Waals surface area contributed by atoms with Crippen LogP contribution in [0, 0.1) is 0 Å². The Morgan fingerprint density at radius 2 is 1.65 bits per heavy atom. The molecule has 4 aromatic carbocycles. The van der Waals surface area contributed by atoms with Gasteiger partial charge >= 0.3 is 11.9 Å². The van der Waals surface area contributed by atoms with Gasteiger partial charge in [-0.05, 0) is 84.6 Å². The lowest BCUT2D eigenvalue weighted by Gasteiger charge is -2.25. The average molecular weight is 762 g/mol. The summed E-state index contributed by atoms with van der Waals surface area (Å²) in [5.41, 5.74) is 2.28. The summed E-state index contributed by atoms with van der Waals surface area (Å²) in [6, 6.07) is 21.6. The van der Waals surface area contributed by atoms with E-state index >= 15 is 0 Å². The maximum absolute atomic E-state index is 14.2. The number of esters is 2. The van der Waals surface area contributed by atoms with Crippen LogP contribution in [-0.4, -0.2) is 43.4 Å². The van der Waals surface area contributed by atoms with Crippen LogP contribution in [0.15, 0.2) is 93.9 Å². The molecule has 0 radical (unpaired) electrons. The molecule has 13 heteroatoms. The van der Waals surface area contributed by atoms with Crippen molar-refractivity contribution >= 4 is 63.3 Å². The highest BCUT2D eigenvalue weighted by molar-refractivity contribution is 7.07. The van der Waals surface area contributed by atoms with Crippen LogP contribution in [0.1, 0.15) is 43.5 Å². The van der Waals surface area contributed by atoms with E-state index in [1.165, 1.54) is 11.7 Å². The van der Waals surface area contributed by atoms with Gasteiger partial charge in [-0.2, -0.15) is 0 Å². The van der Waals surface area contributed by atoms with E-state index in [9.17, 15) is 14.4 Å². The van der Waals surface area contributed by atoms with E-state index in [0.717, 1.165) is 27.7 Å². The minimum atomic E-state index is -0.913. The minimum Gasteiger partial charge on any atom is -0.490 e. The first-order valence-corrected chi connectivity index (χ1v) is 17.9. The molecule has 10 nitrogen and oxygen atoms in total. The number of thiazole rings is 1. The van der Waals surface area contributed by atoms with Crippen LogP contribution < -0.4 is 29.1 Å². The lowest BCUT2D eigenvalue weighted by atomic mass is 9.95. The van der Waals surface area contributed by atoms with Gasteiger partial charge in [-0.1, -0.05) is 77.0 Å². The summed E-state index contributed by atoms with van der Waals surface area (Å²) < 4.78 is 29.4. The van der Waals surface area contributed by atoms with Gasteiger partial charge in [0.05, 0.1) is 52.2 Å². The van der Waals surface area contributed by atoms with Gasteiger partial charge in [0.1, 0.15) is 6.61 Å². The maximum Gasteiger partial charge on any atom is 0.343 e. The monoisotopic (exact) mass is 760 g/mol. The number of carbonyl (C=O) groups is 2. The van der Waals surface area contributed by atoms with Crippen molar-refractivity contribution in [3.05, 3.63) is 130 Å². The Hall–Kier alpha value is -5.10. The first-order chi connectivity index (χ1) is 25.1. The third kappa shape index (κ3) is 7.72. The fourth-order valence-corrected chi connectivity index (χ4v) is 7.48. The number of methoxy groups -OCH3 is 1. The predicted molar refractivity (Wildman–Crippen MR) is 200 cm³/mol. The summed E-state index contributed by atoms with van der Waals surface area (Å²) in [5, 5.41) is 2.79. The van der Waals surface area contributed by atoms with E-state index in [1.54, 1.807) is 57.2 Å². The molecule has 0 saturated carbocycles. The van der Waals surface area contributed by atoms with Crippen LogP contribution >= 0.6 is 34.5 Å². The summed E-state index contributed by atoms with van der Waals surface area (Å²) in [6.45, 7) is 5.55. The molecule has 0 spiro atoms. The van der Waals surface area contributed by atoms with E-state index < -0.39 is 23.5 Å². The third-order valence-electron chi connectivity index (χ3n) is 8.19. The number of aromatic nitrogens is 1. The van der Waals surface area contributed by atoms with E-state index in [2.05, 4.69) is 15.8 Å². The molecule has 0 fully saturated rings. The van der Waals surface area contributed by atoms with Crippen molar-refractivity contribution in [2.24, 2.45) is 4.99 Å². The van der Waals surface area contributed by atoms with E-state index in [4.69, 9.17) is 42.1 Å². The first kappa shape index (κ1) is 36.7. The number of allylic oxidation sites excluding steroid dienone is 1. The Kier molecular flexibility index (Phi) is 11.3. The number of benzene rings is 4. The van der Waals surface area contributed by atoms with Crippen LogP contribution in [0.2, 0.25) is 10.0 Å². The fraction of sp³-hybridized carbons (Fsp3) is 0.231. The standard InChI is InChI=1S/C39H34Cl2N2O8S/c1-5-48-31-19-27(13-14-30(31)50-21-33(44)47-4)35-34(38(46)49-6-2)22(3)42-39-43(35)37(45)32(52-39)18-24-16-28(40)36(29(41)17-24)51-20-23-11-12-25-9-7-8-10-26(25)15-23/h7-19,35H,5-6,20-21H2,1-4H3/b32-18-/t35-/m0/s1. The van der Waals surface area contributed by atoms with Crippen LogP contribution in [0.4, 0.5) is 0 Å². The number of fused-ring (bicyclic) bond motifs is 2. The van der Waals surface area contributed by atoms with Gasteiger partial charge < -0.3 is 23.7 Å². The molecule has 52 heavy (non-hydrogen) atoms. The molecular weight excluding hydrogens is 727 g/mol. The van der Waals surface area contributed by atoms with Gasteiger partial charge in [0.2, 0.25) is 0 Å². The number of ether oxygens (including phenoxy) is 5. The van der Waals surface area contributed by atoms with Crippen molar-refractivity contribution in [3.8, 4) is 17.2 Å². The molecule has 2 heterocycles. The zero-order valence-electron chi connectivity index (χ0n) is 28.7. The topological polar surface area (TPSA) is 115 Å². The molecule has 268 valence electrons. The molecule has 1 atom stereocenters. The van der Waals surface area contributed by atoms with Crippen molar-refractivity contribution in [1.82, 2.24) is 4.57 Å². The van der Waals surface area contributed by atoms with E-state index in [-0.39, 0.29) is 35.4 Å². The quantitative estimate of drug-likeness (QED) is 0.128. The summed E-state index contributed by atoms with van der Waals surface area (Å²) in [4.78, 5) is 44.4. The van der Waals surface area contributed by atoms with Crippen molar-refractivity contribution in [3.63, 3.8) is 0 Å². The molecule has 0 unspecified atom stereocenters. The van der Waals surface area contributed by atoms with Crippen LogP contribution in [0.3, 0.4) is 0 Å². The normalized spacial score (nSPS) is 14.1. The zero-order valence-corrected chi connectivity index (χ0v) is 31.1. The summed E-state index contributed by atoms with van der Waals surface area (Å²) in [7, 11) is 1.26. The van der Waals surface area contributed by atoms with Crippen molar-refractivity contribution in [2.45, 2.75) is 33.4 Å². The highest BCUT2D eigenvalue weighted by atomic mass is 35.5. The number of carbonyl (C=O) groups excluding carboxylic acids is 2. The minimum absolute atomic E-state index is 0.126. The highest BCUT2D eigenvalue weighted by Crippen LogP contribution is 2.37. The molecule has 5 aromatic rings. The van der Waals surface area contributed by atoms with Gasteiger partial charge in [-0.25, -0.2) is 14.6 Å². The molecule has 1 aliphatic heterocycles. The van der Waals surface area contributed by atoms with Crippen LogP contribution in [-0.2, 0) is 25.7 Å². The lowest BCUT2D eigenvalue weighted by molar-refractivity contribution is -0.143. The number of nitrogens with zero attached hydrogens (tertiary/aromatic N) is 2. The lowest BCUT2D eigenvalue weighted by Crippen LogP contribution is -2.40. The second kappa shape index (κ2) is 16.1. The Morgan fingerprint density at radius 1 is 0.904 bits per heavy atom.